The zero-order valence-corrected chi connectivity index (χ0v) is 11.5. The minimum atomic E-state index is 0.473. The van der Waals surface area contributed by atoms with Crippen LogP contribution in [0.15, 0.2) is 12.4 Å². The topological polar surface area (TPSA) is 64.8 Å². The second-order valence-electron chi connectivity index (χ2n) is 5.00. The molecule has 0 aliphatic carbocycles. The highest BCUT2D eigenvalue weighted by atomic mass is 15.2. The number of hydrogen-bond donors (Lipinski definition) is 1. The van der Waals surface area contributed by atoms with Crippen molar-refractivity contribution < 1.29 is 0 Å². The standard InChI is InChI=1S/C14H21N5/c1-2-7-16-13-9-14(18-11-17-13)19-8-3-4-12(10-19)5-6-15/h9,11-12H,2-5,7-8,10H2,1H3,(H,16,17,18). The number of anilines is 2. The molecule has 1 atom stereocenters. The lowest BCUT2D eigenvalue weighted by Gasteiger charge is -2.32. The Labute approximate surface area is 114 Å². The third-order valence-corrected chi connectivity index (χ3v) is 3.43. The highest BCUT2D eigenvalue weighted by Gasteiger charge is 2.20. The summed E-state index contributed by atoms with van der Waals surface area (Å²) < 4.78 is 0. The first-order valence-electron chi connectivity index (χ1n) is 7.01. The van der Waals surface area contributed by atoms with E-state index in [9.17, 15) is 0 Å². The fraction of sp³-hybridized carbons (Fsp3) is 0.643. The molecule has 1 saturated heterocycles. The van der Waals surface area contributed by atoms with Crippen molar-refractivity contribution in [1.82, 2.24) is 9.97 Å². The van der Waals surface area contributed by atoms with Crippen LogP contribution in [0, 0.1) is 17.2 Å². The lowest BCUT2D eigenvalue weighted by molar-refractivity contribution is 0.420. The molecule has 1 fully saturated rings. The van der Waals surface area contributed by atoms with Gasteiger partial charge in [-0.05, 0) is 25.2 Å². The molecule has 0 aromatic carbocycles. The molecule has 1 unspecified atom stereocenters. The molecule has 1 aromatic heterocycles. The van der Waals surface area contributed by atoms with Gasteiger partial charge in [-0.2, -0.15) is 5.26 Å². The Bertz CT molecular complexity index is 440. The SMILES string of the molecule is CCCNc1cc(N2CCCC(CC#N)C2)ncn1. The molecule has 0 amide bonds. The van der Waals surface area contributed by atoms with E-state index in [1.165, 1.54) is 0 Å². The van der Waals surface area contributed by atoms with Crippen molar-refractivity contribution in [2.75, 3.05) is 29.9 Å². The molecule has 0 bridgehead atoms. The molecule has 5 heteroatoms. The Balaban J connectivity index is 2.02. The Morgan fingerprint density at radius 2 is 2.42 bits per heavy atom. The summed E-state index contributed by atoms with van der Waals surface area (Å²) in [5.74, 6) is 2.33. The van der Waals surface area contributed by atoms with Gasteiger partial charge in [-0.1, -0.05) is 6.92 Å². The molecule has 1 N–H and O–H groups in total. The van der Waals surface area contributed by atoms with Gasteiger partial charge in [0.15, 0.2) is 0 Å². The first-order chi connectivity index (χ1) is 9.33. The molecule has 2 rings (SSSR count). The van der Waals surface area contributed by atoms with Gasteiger partial charge in [0, 0.05) is 32.1 Å². The van der Waals surface area contributed by atoms with E-state index in [1.54, 1.807) is 6.33 Å². The number of rotatable bonds is 5. The summed E-state index contributed by atoms with van der Waals surface area (Å²) in [5, 5.41) is 12.1. The van der Waals surface area contributed by atoms with Gasteiger partial charge in [0.25, 0.3) is 0 Å². The molecule has 0 radical (unpaired) electrons. The van der Waals surface area contributed by atoms with E-state index in [1.807, 2.05) is 6.07 Å². The molecule has 102 valence electrons. The van der Waals surface area contributed by atoms with Crippen LogP contribution in [0.5, 0.6) is 0 Å². The number of aromatic nitrogens is 2. The molecular formula is C14H21N5. The van der Waals surface area contributed by atoms with E-state index in [4.69, 9.17) is 5.26 Å². The van der Waals surface area contributed by atoms with Gasteiger partial charge < -0.3 is 10.2 Å². The maximum absolute atomic E-state index is 8.81. The highest BCUT2D eigenvalue weighted by Crippen LogP contribution is 2.24. The third kappa shape index (κ3) is 3.82. The van der Waals surface area contributed by atoms with E-state index in [-0.39, 0.29) is 0 Å². The van der Waals surface area contributed by atoms with Crippen molar-refractivity contribution in [2.45, 2.75) is 32.6 Å². The van der Waals surface area contributed by atoms with E-state index in [0.717, 1.165) is 50.5 Å². The maximum Gasteiger partial charge on any atom is 0.134 e. The normalized spacial score (nSPS) is 18.9. The second kappa shape index (κ2) is 6.93. The summed E-state index contributed by atoms with van der Waals surface area (Å²) in [6, 6.07) is 4.28. The zero-order chi connectivity index (χ0) is 13.5. The van der Waals surface area contributed by atoms with Crippen LogP contribution in [0.25, 0.3) is 0 Å². The van der Waals surface area contributed by atoms with E-state index < -0.39 is 0 Å². The molecule has 1 aromatic rings. The summed E-state index contributed by atoms with van der Waals surface area (Å²) in [4.78, 5) is 10.9. The van der Waals surface area contributed by atoms with Crippen molar-refractivity contribution in [3.05, 3.63) is 12.4 Å². The lowest BCUT2D eigenvalue weighted by atomic mass is 9.95. The minimum Gasteiger partial charge on any atom is -0.370 e. The molecule has 0 spiro atoms. The Morgan fingerprint density at radius 3 is 3.21 bits per heavy atom. The Hall–Kier alpha value is -1.83. The highest BCUT2D eigenvalue weighted by molar-refractivity contribution is 5.48. The lowest BCUT2D eigenvalue weighted by Crippen LogP contribution is -2.35. The van der Waals surface area contributed by atoms with E-state index in [0.29, 0.717) is 12.3 Å². The summed E-state index contributed by atoms with van der Waals surface area (Å²) in [5.41, 5.74) is 0. The van der Waals surface area contributed by atoms with Crippen molar-refractivity contribution in [2.24, 2.45) is 5.92 Å². The van der Waals surface area contributed by atoms with Gasteiger partial charge in [-0.25, -0.2) is 9.97 Å². The smallest absolute Gasteiger partial charge is 0.134 e. The molecule has 1 aliphatic rings. The molecule has 0 saturated carbocycles. The number of hydrogen-bond acceptors (Lipinski definition) is 5. The van der Waals surface area contributed by atoms with E-state index in [2.05, 4.69) is 33.2 Å². The van der Waals surface area contributed by atoms with Gasteiger partial charge in [-0.15, -0.1) is 0 Å². The fourth-order valence-corrected chi connectivity index (χ4v) is 2.44. The Morgan fingerprint density at radius 1 is 1.53 bits per heavy atom. The quantitative estimate of drug-likeness (QED) is 0.879. The van der Waals surface area contributed by atoms with Crippen LogP contribution in [-0.2, 0) is 0 Å². The molecule has 5 nitrogen and oxygen atoms in total. The van der Waals surface area contributed by atoms with Crippen LogP contribution in [-0.4, -0.2) is 29.6 Å². The van der Waals surface area contributed by atoms with Gasteiger partial charge in [0.05, 0.1) is 6.07 Å². The van der Waals surface area contributed by atoms with Crippen molar-refractivity contribution >= 4 is 11.6 Å². The third-order valence-electron chi connectivity index (χ3n) is 3.43. The van der Waals surface area contributed by atoms with Gasteiger partial charge >= 0.3 is 0 Å². The van der Waals surface area contributed by atoms with Crippen LogP contribution < -0.4 is 10.2 Å². The number of nitrogens with one attached hydrogen (secondary N) is 1. The zero-order valence-electron chi connectivity index (χ0n) is 11.5. The molecule has 19 heavy (non-hydrogen) atoms. The molecule has 2 heterocycles. The largest absolute Gasteiger partial charge is 0.370 e. The maximum atomic E-state index is 8.81. The molecule has 1 aliphatic heterocycles. The minimum absolute atomic E-state index is 0.473. The van der Waals surface area contributed by atoms with Crippen molar-refractivity contribution in [1.29, 1.82) is 5.26 Å². The first-order valence-corrected chi connectivity index (χ1v) is 7.01. The number of piperidine rings is 1. The van der Waals surface area contributed by atoms with Crippen molar-refractivity contribution in [3.8, 4) is 6.07 Å². The first kappa shape index (κ1) is 13.6. The average Bonchev–Trinajstić information content (AvgIpc) is 2.46. The van der Waals surface area contributed by atoms with Crippen LogP contribution in [0.3, 0.4) is 0 Å². The average molecular weight is 259 g/mol. The van der Waals surface area contributed by atoms with E-state index >= 15 is 0 Å². The van der Waals surface area contributed by atoms with Crippen LogP contribution >= 0.6 is 0 Å². The second-order valence-corrected chi connectivity index (χ2v) is 5.00. The molecular weight excluding hydrogens is 238 g/mol. The summed E-state index contributed by atoms with van der Waals surface area (Å²) in [6.45, 7) is 5.00. The number of nitrogens with zero attached hydrogens (tertiary/aromatic N) is 4. The van der Waals surface area contributed by atoms with Gasteiger partial charge in [0.1, 0.15) is 18.0 Å². The summed E-state index contributed by atoms with van der Waals surface area (Å²) in [6.07, 6.45) is 5.61. The Kier molecular flexibility index (Phi) is 4.96. The van der Waals surface area contributed by atoms with Gasteiger partial charge in [-0.3, -0.25) is 0 Å². The predicted molar refractivity (Wildman–Crippen MR) is 76.0 cm³/mol. The fourth-order valence-electron chi connectivity index (χ4n) is 2.44. The number of nitriles is 1. The predicted octanol–water partition coefficient (Wildman–Crippen LogP) is 2.43. The van der Waals surface area contributed by atoms with Crippen LogP contribution in [0.1, 0.15) is 32.6 Å². The van der Waals surface area contributed by atoms with Crippen LogP contribution in [0.4, 0.5) is 11.6 Å². The monoisotopic (exact) mass is 259 g/mol. The van der Waals surface area contributed by atoms with Gasteiger partial charge in [0.2, 0.25) is 0 Å². The summed E-state index contributed by atoms with van der Waals surface area (Å²) >= 11 is 0. The summed E-state index contributed by atoms with van der Waals surface area (Å²) in [7, 11) is 0. The van der Waals surface area contributed by atoms with Crippen molar-refractivity contribution in [3.63, 3.8) is 0 Å². The van der Waals surface area contributed by atoms with Crippen LogP contribution in [0.2, 0.25) is 0 Å².